The van der Waals surface area contributed by atoms with Crippen LogP contribution in [-0.4, -0.2) is 345 Å². The maximum atomic E-state index is 13.2. The number of aromatic nitrogens is 3. The molecule has 6 saturated heterocycles. The van der Waals surface area contributed by atoms with Crippen molar-refractivity contribution in [2.24, 2.45) is 0 Å². The van der Waals surface area contributed by atoms with E-state index in [1.807, 2.05) is 0 Å². The topological polar surface area (TPSA) is 548 Å². The second-order valence-corrected chi connectivity index (χ2v) is 19.1. The number of carbonyl (C=O) groups is 1. The summed E-state index contributed by atoms with van der Waals surface area (Å²) in [6.45, 7) is -4.61. The van der Waals surface area contributed by atoms with E-state index in [2.05, 4.69) is 10.3 Å². The van der Waals surface area contributed by atoms with Gasteiger partial charge in [-0.25, -0.2) is 4.68 Å². The van der Waals surface area contributed by atoms with Crippen molar-refractivity contribution in [2.75, 3.05) is 33.0 Å². The lowest BCUT2D eigenvalue weighted by Crippen LogP contribution is -2.67. The van der Waals surface area contributed by atoms with Crippen molar-refractivity contribution in [3.05, 3.63) is 11.9 Å². The predicted molar refractivity (Wildman–Crippen MR) is 229 cm³/mol. The fourth-order valence-corrected chi connectivity index (χ4v) is 9.60. The molecule has 0 spiro atoms. The Morgan fingerprint density at radius 1 is 0.461 bits per heavy atom. The average molecular weight is 1110 g/mol. The third kappa shape index (κ3) is 12.5. The molecule has 0 aliphatic carbocycles. The Morgan fingerprint density at radius 2 is 0.855 bits per heavy atom. The van der Waals surface area contributed by atoms with Gasteiger partial charge in [0.25, 0.3) is 0 Å². The average Bonchev–Trinajstić information content (AvgIpc) is 3.85. The number of hydrogen-bond donors (Lipinski definition) is 20. The largest absolute Gasteiger partial charge is 0.394 e. The van der Waals surface area contributed by atoms with Crippen LogP contribution in [0.3, 0.4) is 0 Å². The van der Waals surface area contributed by atoms with Gasteiger partial charge in [0.15, 0.2) is 37.7 Å². The number of carbonyl (C=O) groups excluding carboxylic acids is 1. The van der Waals surface area contributed by atoms with E-state index < -0.39 is 236 Å². The van der Waals surface area contributed by atoms with Gasteiger partial charge in [0.1, 0.15) is 152 Å². The molecular weight excluding hydrogens is 1040 g/mol. The van der Waals surface area contributed by atoms with Crippen LogP contribution in [0, 0.1) is 0 Å². The number of aliphatic hydroxyl groups excluding tert-OH is 20. The van der Waals surface area contributed by atoms with Gasteiger partial charge >= 0.3 is 0 Å². The Labute approximate surface area is 428 Å². The SMILES string of the molecule is CC(=O)N(Cc1cn(C[C@H]2O[C@@H](O[C@@H]3[C@@H](O)[C@H](O)O[C@H](CO)[C@H]3O)[C@H](O)[C@@H](O[C@@H]3O[C@H](CO)[C@@H](O)[C@H](O)[C@H]3O)[C@@H]2O)nn1)[C@@H]1O[C@H](CO)[C@@H](O[C@H]2O[C@H](CO)[C@@H](O[C@H]3O[C@H](CO)[C@@H](O)[C@H](O)[C@H]3O)[C@H](O)[C@H]2O)[C@H](O)[C@H]1O. The van der Waals surface area contributed by atoms with Gasteiger partial charge in [-0.15, -0.1) is 5.10 Å². The number of rotatable bonds is 18. The molecule has 438 valence electrons. The molecule has 0 radical (unpaired) electrons. The normalized spacial score (nSPS) is 48.4. The highest BCUT2D eigenvalue weighted by atomic mass is 16.8. The van der Waals surface area contributed by atoms with Crippen LogP contribution < -0.4 is 0 Å². The third-order valence-corrected chi connectivity index (χ3v) is 14.0. The lowest BCUT2D eigenvalue weighted by molar-refractivity contribution is -0.378. The molecular formula is C41H68N4O31. The molecule has 20 N–H and O–H groups in total. The Bertz CT molecular complexity index is 1980. The summed E-state index contributed by atoms with van der Waals surface area (Å²) < 4.78 is 56.7. The van der Waals surface area contributed by atoms with Crippen molar-refractivity contribution in [3.63, 3.8) is 0 Å². The van der Waals surface area contributed by atoms with Crippen LogP contribution >= 0.6 is 0 Å². The quantitative estimate of drug-likeness (QED) is 0.0649. The van der Waals surface area contributed by atoms with E-state index >= 15 is 0 Å². The Kier molecular flexibility index (Phi) is 20.8. The summed E-state index contributed by atoms with van der Waals surface area (Å²) in [5.41, 5.74) is -0.0765. The molecule has 0 bridgehead atoms. The lowest BCUT2D eigenvalue weighted by atomic mass is 9.95. The lowest BCUT2D eigenvalue weighted by Gasteiger charge is -2.49. The first-order valence-electron chi connectivity index (χ1n) is 24.0. The summed E-state index contributed by atoms with van der Waals surface area (Å²) in [6, 6.07) is 0. The van der Waals surface area contributed by atoms with E-state index in [0.717, 1.165) is 16.5 Å². The van der Waals surface area contributed by atoms with E-state index in [4.69, 9.17) is 47.4 Å². The second-order valence-electron chi connectivity index (χ2n) is 19.1. The van der Waals surface area contributed by atoms with Crippen molar-refractivity contribution in [1.29, 1.82) is 0 Å². The van der Waals surface area contributed by atoms with Crippen molar-refractivity contribution in [3.8, 4) is 0 Å². The van der Waals surface area contributed by atoms with Crippen LogP contribution in [0.15, 0.2) is 6.20 Å². The fraction of sp³-hybridized carbons (Fsp3) is 0.927. The van der Waals surface area contributed by atoms with Gasteiger partial charge in [0.05, 0.1) is 52.3 Å². The zero-order valence-electron chi connectivity index (χ0n) is 40.1. The van der Waals surface area contributed by atoms with E-state index in [9.17, 15) is 107 Å². The first-order valence-corrected chi connectivity index (χ1v) is 24.0. The maximum absolute atomic E-state index is 13.2. The molecule has 1 aromatic heterocycles. The summed E-state index contributed by atoms with van der Waals surface area (Å²) in [4.78, 5) is 14.0. The number of ether oxygens (including phenoxy) is 10. The van der Waals surface area contributed by atoms with Gasteiger partial charge in [-0.3, -0.25) is 4.79 Å². The summed E-state index contributed by atoms with van der Waals surface area (Å²) in [5.74, 6) is -0.813. The summed E-state index contributed by atoms with van der Waals surface area (Å²) >= 11 is 0. The molecule has 0 unspecified atom stereocenters. The van der Waals surface area contributed by atoms with Crippen LogP contribution in [0.2, 0.25) is 0 Å². The summed E-state index contributed by atoms with van der Waals surface area (Å²) in [6.07, 6.45) is -54.8. The Morgan fingerprint density at radius 3 is 1.36 bits per heavy atom. The molecule has 7 heterocycles. The second kappa shape index (κ2) is 25.9. The standard InChI is InChI=1S/C41H68N4O31/c1-10(51)45(36-26(60)24(58)32(16(8-49)67-36)73-40-29(63)25(59)33(17(9-50)72-40)74-38-27(61)22(56)18(52)13(5-46)70-38)3-11-2-44(43-42-11)4-12-20(54)35(76-39-28(62)23(57)19(53)14(6-47)71-39)31(65)41(69-12)75-34-21(55)15(7-48)68-37(66)30(34)64/h2,12-41,46-50,52-66H,3-9H2,1H3/t12-,13-,14-,15-,16-,17-,18-,19-,20-,21-,22+,23+,24-,25-,26-,27-,28-,29-,30-,31-,32-,33-,34+,35+,36-,37-,38-,39+,40-,41+/m1/s1. The van der Waals surface area contributed by atoms with Crippen LogP contribution in [0.5, 0.6) is 0 Å². The molecule has 35 nitrogen and oxygen atoms in total. The van der Waals surface area contributed by atoms with Crippen molar-refractivity contribution >= 4 is 5.91 Å². The van der Waals surface area contributed by atoms with Crippen LogP contribution in [0.4, 0.5) is 0 Å². The highest BCUT2D eigenvalue weighted by Crippen LogP contribution is 2.36. The number of nitrogens with zero attached hydrogens (tertiary/aromatic N) is 4. The summed E-state index contributed by atoms with van der Waals surface area (Å²) in [5, 5.41) is 219. The zero-order valence-corrected chi connectivity index (χ0v) is 40.1. The molecule has 1 aromatic rings. The fourth-order valence-electron chi connectivity index (χ4n) is 9.60. The van der Waals surface area contributed by atoms with Gasteiger partial charge in [0.2, 0.25) is 5.91 Å². The highest BCUT2D eigenvalue weighted by Gasteiger charge is 2.56. The van der Waals surface area contributed by atoms with E-state index in [0.29, 0.717) is 0 Å². The van der Waals surface area contributed by atoms with Crippen LogP contribution in [-0.2, 0) is 65.3 Å². The molecule has 35 heteroatoms. The molecule has 30 atom stereocenters. The minimum Gasteiger partial charge on any atom is -0.394 e. The molecule has 76 heavy (non-hydrogen) atoms. The Balaban J connectivity index is 1.04. The van der Waals surface area contributed by atoms with Gasteiger partial charge in [-0.2, -0.15) is 0 Å². The molecule has 0 saturated carbocycles. The number of aliphatic hydroxyl groups is 20. The zero-order chi connectivity index (χ0) is 55.8. The third-order valence-electron chi connectivity index (χ3n) is 14.0. The van der Waals surface area contributed by atoms with Crippen molar-refractivity contribution in [2.45, 2.75) is 204 Å². The molecule has 6 aliphatic heterocycles. The van der Waals surface area contributed by atoms with E-state index in [-0.39, 0.29) is 5.69 Å². The van der Waals surface area contributed by atoms with Crippen LogP contribution in [0.1, 0.15) is 12.6 Å². The maximum Gasteiger partial charge on any atom is 0.221 e. The van der Waals surface area contributed by atoms with Crippen LogP contribution in [0.25, 0.3) is 0 Å². The van der Waals surface area contributed by atoms with Crippen molar-refractivity contribution < 1.29 is 154 Å². The molecule has 0 aromatic carbocycles. The summed E-state index contributed by atoms with van der Waals surface area (Å²) in [7, 11) is 0. The van der Waals surface area contributed by atoms with Gasteiger partial charge in [-0.1, -0.05) is 5.21 Å². The Hall–Kier alpha value is -2.59. The predicted octanol–water partition coefficient (Wildman–Crippen LogP) is -14.5. The number of hydrogen-bond acceptors (Lipinski definition) is 33. The molecule has 6 aliphatic rings. The minimum absolute atomic E-state index is 0.0765. The molecule has 6 fully saturated rings. The van der Waals surface area contributed by atoms with E-state index in [1.165, 1.54) is 6.20 Å². The first kappa shape index (κ1) is 61.0. The molecule has 1 amide bonds. The monoisotopic (exact) mass is 1110 g/mol. The van der Waals surface area contributed by atoms with Gasteiger partial charge < -0.3 is 154 Å². The first-order chi connectivity index (χ1) is 36.0. The van der Waals surface area contributed by atoms with Crippen molar-refractivity contribution in [1.82, 2.24) is 19.9 Å². The smallest absolute Gasteiger partial charge is 0.221 e. The molecule has 7 rings (SSSR count). The van der Waals surface area contributed by atoms with E-state index in [1.54, 1.807) is 0 Å². The minimum atomic E-state index is -2.13. The highest BCUT2D eigenvalue weighted by molar-refractivity contribution is 5.73. The van der Waals surface area contributed by atoms with Gasteiger partial charge in [0, 0.05) is 6.92 Å². The van der Waals surface area contributed by atoms with Gasteiger partial charge in [-0.05, 0) is 0 Å². The number of amides is 1.